The van der Waals surface area contributed by atoms with E-state index in [1.165, 1.54) is 11.3 Å². The Labute approximate surface area is 106 Å². The lowest BCUT2D eigenvalue weighted by molar-refractivity contribution is 0.585. The molecule has 1 unspecified atom stereocenters. The summed E-state index contributed by atoms with van der Waals surface area (Å²) in [7, 11) is 2.10. The zero-order chi connectivity index (χ0) is 12.1. The van der Waals surface area contributed by atoms with E-state index in [4.69, 9.17) is 0 Å². The summed E-state index contributed by atoms with van der Waals surface area (Å²) in [5.41, 5.74) is 2.68. The van der Waals surface area contributed by atoms with Crippen molar-refractivity contribution in [3.8, 4) is 0 Å². The van der Waals surface area contributed by atoms with Gasteiger partial charge in [-0.05, 0) is 24.5 Å². The van der Waals surface area contributed by atoms with Gasteiger partial charge in [0.2, 0.25) is 0 Å². The second-order valence-corrected chi connectivity index (χ2v) is 4.83. The van der Waals surface area contributed by atoms with Gasteiger partial charge in [0.25, 0.3) is 0 Å². The van der Waals surface area contributed by atoms with Crippen LogP contribution in [0.1, 0.15) is 12.0 Å². The molecule has 0 spiro atoms. The number of fused-ring (bicyclic) bond motifs is 5. The van der Waals surface area contributed by atoms with Gasteiger partial charge in [-0.2, -0.15) is 0 Å². The van der Waals surface area contributed by atoms with E-state index in [0.29, 0.717) is 6.17 Å². The highest BCUT2D eigenvalue weighted by Crippen LogP contribution is 2.45. The standard InChI is InChI=1S/C14H14N4/c1-17-12-7-6-10-4-2-3-5-11(10)18(12)14-13(17)15-8-9-16-14/h2-5,8-9,12H,6-7H2,1H3. The van der Waals surface area contributed by atoms with Gasteiger partial charge < -0.3 is 9.80 Å². The molecule has 0 saturated heterocycles. The van der Waals surface area contributed by atoms with Gasteiger partial charge in [-0.1, -0.05) is 18.2 Å². The van der Waals surface area contributed by atoms with Crippen molar-refractivity contribution in [2.75, 3.05) is 16.8 Å². The number of hydrogen-bond acceptors (Lipinski definition) is 4. The molecule has 0 saturated carbocycles. The monoisotopic (exact) mass is 238 g/mol. The third kappa shape index (κ3) is 1.15. The highest BCUT2D eigenvalue weighted by molar-refractivity contribution is 5.79. The average molecular weight is 238 g/mol. The molecular formula is C14H14N4. The topological polar surface area (TPSA) is 32.3 Å². The summed E-state index contributed by atoms with van der Waals surface area (Å²) in [4.78, 5) is 13.5. The van der Waals surface area contributed by atoms with Gasteiger partial charge in [0, 0.05) is 25.1 Å². The molecule has 1 aromatic carbocycles. The molecular weight excluding hydrogens is 224 g/mol. The van der Waals surface area contributed by atoms with Gasteiger partial charge in [0.05, 0.1) is 0 Å². The van der Waals surface area contributed by atoms with Crippen LogP contribution in [0.3, 0.4) is 0 Å². The fourth-order valence-electron chi connectivity index (χ4n) is 3.04. The first kappa shape index (κ1) is 9.88. The van der Waals surface area contributed by atoms with Crippen molar-refractivity contribution in [1.82, 2.24) is 9.97 Å². The van der Waals surface area contributed by atoms with Crippen molar-refractivity contribution in [2.24, 2.45) is 0 Å². The van der Waals surface area contributed by atoms with Crippen molar-refractivity contribution in [1.29, 1.82) is 0 Å². The fraction of sp³-hybridized carbons (Fsp3) is 0.286. The van der Waals surface area contributed by atoms with Crippen LogP contribution in [0.5, 0.6) is 0 Å². The van der Waals surface area contributed by atoms with E-state index < -0.39 is 0 Å². The maximum absolute atomic E-state index is 4.51. The third-order valence-corrected chi connectivity index (χ3v) is 3.89. The lowest BCUT2D eigenvalue weighted by atomic mass is 10.00. The largest absolute Gasteiger partial charge is 0.336 e. The number of rotatable bonds is 0. The minimum absolute atomic E-state index is 0.359. The van der Waals surface area contributed by atoms with Crippen LogP contribution in [0, 0.1) is 0 Å². The third-order valence-electron chi connectivity index (χ3n) is 3.89. The van der Waals surface area contributed by atoms with E-state index in [0.717, 1.165) is 24.5 Å². The van der Waals surface area contributed by atoms with Crippen molar-refractivity contribution < 1.29 is 0 Å². The molecule has 4 heteroatoms. The lowest BCUT2D eigenvalue weighted by Crippen LogP contribution is -2.41. The van der Waals surface area contributed by atoms with E-state index in [1.807, 2.05) is 0 Å². The van der Waals surface area contributed by atoms with Crippen LogP contribution >= 0.6 is 0 Å². The van der Waals surface area contributed by atoms with Crippen LogP contribution in [0.25, 0.3) is 0 Å². The molecule has 0 N–H and O–H groups in total. The lowest BCUT2D eigenvalue weighted by Gasteiger charge is -2.35. The minimum Gasteiger partial charge on any atom is -0.336 e. The van der Waals surface area contributed by atoms with E-state index in [9.17, 15) is 0 Å². The number of nitrogens with zero attached hydrogens (tertiary/aromatic N) is 4. The molecule has 18 heavy (non-hydrogen) atoms. The molecule has 2 aromatic rings. The van der Waals surface area contributed by atoms with Crippen LogP contribution in [0.4, 0.5) is 17.3 Å². The molecule has 0 bridgehead atoms. The Morgan fingerprint density at radius 1 is 1.11 bits per heavy atom. The normalized spacial score (nSPS) is 20.4. The summed E-state index contributed by atoms with van der Waals surface area (Å²) in [6.07, 6.45) is 6.13. The molecule has 4 nitrogen and oxygen atoms in total. The number of aromatic nitrogens is 2. The van der Waals surface area contributed by atoms with Gasteiger partial charge in [-0.3, -0.25) is 0 Å². The molecule has 2 aliphatic rings. The number of para-hydroxylation sites is 1. The number of benzene rings is 1. The average Bonchev–Trinajstić information content (AvgIpc) is 2.73. The Balaban J connectivity index is 1.94. The molecule has 0 radical (unpaired) electrons. The molecule has 90 valence electrons. The van der Waals surface area contributed by atoms with Crippen molar-refractivity contribution in [3.05, 3.63) is 42.2 Å². The Bertz CT molecular complexity index is 610. The number of hydrogen-bond donors (Lipinski definition) is 0. The van der Waals surface area contributed by atoms with E-state index in [1.54, 1.807) is 12.4 Å². The zero-order valence-electron chi connectivity index (χ0n) is 10.2. The highest BCUT2D eigenvalue weighted by Gasteiger charge is 2.39. The van der Waals surface area contributed by atoms with Crippen LogP contribution in [0.2, 0.25) is 0 Å². The Hall–Kier alpha value is -2.10. The molecule has 0 amide bonds. The number of aryl methyl sites for hydroxylation is 1. The quantitative estimate of drug-likeness (QED) is 0.705. The van der Waals surface area contributed by atoms with Gasteiger partial charge in [0.1, 0.15) is 6.17 Å². The first-order valence-electron chi connectivity index (χ1n) is 6.27. The highest BCUT2D eigenvalue weighted by atomic mass is 15.5. The molecule has 1 atom stereocenters. The Kier molecular flexibility index (Phi) is 1.89. The number of anilines is 3. The first-order valence-corrected chi connectivity index (χ1v) is 6.27. The van der Waals surface area contributed by atoms with Gasteiger partial charge in [-0.15, -0.1) is 0 Å². The molecule has 0 fully saturated rings. The van der Waals surface area contributed by atoms with Crippen LogP contribution in [-0.2, 0) is 6.42 Å². The Morgan fingerprint density at radius 3 is 2.78 bits per heavy atom. The second-order valence-electron chi connectivity index (χ2n) is 4.83. The fourth-order valence-corrected chi connectivity index (χ4v) is 3.04. The molecule has 0 aliphatic carbocycles. The summed E-state index contributed by atoms with van der Waals surface area (Å²) in [6.45, 7) is 0. The molecule has 1 aromatic heterocycles. The zero-order valence-corrected chi connectivity index (χ0v) is 10.2. The van der Waals surface area contributed by atoms with E-state index in [2.05, 4.69) is 51.1 Å². The van der Waals surface area contributed by atoms with Crippen molar-refractivity contribution in [3.63, 3.8) is 0 Å². The van der Waals surface area contributed by atoms with Crippen LogP contribution in [-0.4, -0.2) is 23.2 Å². The van der Waals surface area contributed by atoms with Gasteiger partial charge in [-0.25, -0.2) is 9.97 Å². The van der Waals surface area contributed by atoms with Gasteiger partial charge in [0.15, 0.2) is 11.6 Å². The predicted molar refractivity (Wildman–Crippen MR) is 71.1 cm³/mol. The summed E-state index contributed by atoms with van der Waals surface area (Å²) in [6, 6.07) is 8.59. The molecule has 4 rings (SSSR count). The summed E-state index contributed by atoms with van der Waals surface area (Å²) >= 11 is 0. The predicted octanol–water partition coefficient (Wildman–Crippen LogP) is 2.34. The van der Waals surface area contributed by atoms with Crippen LogP contribution in [0.15, 0.2) is 36.7 Å². The SMILES string of the molecule is CN1c2nccnc2N2c3ccccc3CCC12. The maximum Gasteiger partial charge on any atom is 0.178 e. The molecule has 2 aliphatic heterocycles. The summed E-state index contributed by atoms with van der Waals surface area (Å²) < 4.78 is 0. The van der Waals surface area contributed by atoms with Crippen molar-refractivity contribution in [2.45, 2.75) is 19.0 Å². The summed E-state index contributed by atoms with van der Waals surface area (Å²) in [5, 5.41) is 0. The second kappa shape index (κ2) is 3.45. The minimum atomic E-state index is 0.359. The molecule has 3 heterocycles. The maximum atomic E-state index is 4.51. The summed E-state index contributed by atoms with van der Waals surface area (Å²) in [5.74, 6) is 1.97. The Morgan fingerprint density at radius 2 is 1.89 bits per heavy atom. The van der Waals surface area contributed by atoms with Crippen LogP contribution < -0.4 is 9.80 Å². The first-order chi connectivity index (χ1) is 8.86. The smallest absolute Gasteiger partial charge is 0.178 e. The van der Waals surface area contributed by atoms with Crippen molar-refractivity contribution >= 4 is 17.3 Å². The van der Waals surface area contributed by atoms with E-state index in [-0.39, 0.29) is 0 Å². The van der Waals surface area contributed by atoms with Gasteiger partial charge >= 0.3 is 0 Å². The van der Waals surface area contributed by atoms with E-state index >= 15 is 0 Å².